The van der Waals surface area contributed by atoms with Crippen molar-refractivity contribution in [1.29, 1.82) is 0 Å². The van der Waals surface area contributed by atoms with E-state index in [0.29, 0.717) is 24.0 Å². The Morgan fingerprint density at radius 2 is 2.04 bits per heavy atom. The highest BCUT2D eigenvalue weighted by Crippen LogP contribution is 2.51. The molecule has 6 nitrogen and oxygen atoms in total. The predicted molar refractivity (Wildman–Crippen MR) is 121 cm³/mol. The summed E-state index contributed by atoms with van der Waals surface area (Å²) in [5.41, 5.74) is 0.151. The Kier molecular flexibility index (Phi) is 8.64. The maximum Gasteiger partial charge on any atom is 0.191 e. The van der Waals surface area contributed by atoms with Gasteiger partial charge in [0.15, 0.2) is 5.96 Å². The number of fused-ring (bicyclic) bond motifs is 1. The highest BCUT2D eigenvalue weighted by atomic mass is 127. The maximum absolute atomic E-state index is 6.01. The first kappa shape index (κ1) is 23.2. The molecule has 4 atom stereocenters. The molecule has 1 saturated carbocycles. The molecule has 0 bridgehead atoms. The van der Waals surface area contributed by atoms with Gasteiger partial charge in [0.25, 0.3) is 0 Å². The zero-order chi connectivity index (χ0) is 18.7. The molecular formula is C20H39IN4O2. The van der Waals surface area contributed by atoms with Crippen LogP contribution in [0, 0.1) is 17.3 Å². The van der Waals surface area contributed by atoms with Gasteiger partial charge in [-0.25, -0.2) is 0 Å². The molecule has 3 aliphatic rings. The lowest BCUT2D eigenvalue weighted by Gasteiger charge is -2.60. The fraction of sp³-hybridized carbons (Fsp3) is 0.950. The van der Waals surface area contributed by atoms with Crippen LogP contribution in [0.1, 0.15) is 40.5 Å². The van der Waals surface area contributed by atoms with Gasteiger partial charge in [0, 0.05) is 57.2 Å². The van der Waals surface area contributed by atoms with Crippen LogP contribution in [-0.2, 0) is 9.47 Å². The Labute approximate surface area is 182 Å². The number of nitrogens with one attached hydrogen (secondary N) is 2. The van der Waals surface area contributed by atoms with Gasteiger partial charge in [-0.2, -0.15) is 0 Å². The summed E-state index contributed by atoms with van der Waals surface area (Å²) >= 11 is 0. The third-order valence-corrected chi connectivity index (χ3v) is 6.19. The van der Waals surface area contributed by atoms with Gasteiger partial charge >= 0.3 is 0 Å². The minimum Gasteiger partial charge on any atom is -0.377 e. The van der Waals surface area contributed by atoms with Crippen molar-refractivity contribution < 1.29 is 9.47 Å². The van der Waals surface area contributed by atoms with Crippen LogP contribution in [0.3, 0.4) is 0 Å². The standard InChI is InChI=1S/C20H38N4O2.HI/c1-14(2)12-24-8-10-25-15(13-24)11-22-19(21-5)23-17-16-7-6-9-26-18(16)20(17,3)4;/h14-18H,6-13H2,1-5H3,(H2,21,22,23);1H. The number of nitrogens with zero attached hydrogens (tertiary/aromatic N) is 2. The van der Waals surface area contributed by atoms with Gasteiger partial charge in [0.2, 0.25) is 0 Å². The normalized spacial score (nSPS) is 33.6. The minimum atomic E-state index is 0. The van der Waals surface area contributed by atoms with E-state index in [1.165, 1.54) is 12.8 Å². The molecule has 2 saturated heterocycles. The molecule has 3 rings (SSSR count). The molecule has 0 aromatic heterocycles. The molecule has 0 aromatic carbocycles. The molecule has 0 radical (unpaired) electrons. The number of ether oxygens (including phenoxy) is 2. The monoisotopic (exact) mass is 494 g/mol. The van der Waals surface area contributed by atoms with Crippen molar-refractivity contribution in [3.8, 4) is 0 Å². The lowest BCUT2D eigenvalue weighted by atomic mass is 9.55. The Hall–Kier alpha value is -0.120. The van der Waals surface area contributed by atoms with Crippen molar-refractivity contribution in [2.24, 2.45) is 22.2 Å². The SMILES string of the molecule is CN=C(NCC1CN(CC(C)C)CCO1)NC1C2CCCOC2C1(C)C.I. The zero-order valence-electron chi connectivity index (χ0n) is 17.7. The summed E-state index contributed by atoms with van der Waals surface area (Å²) in [5.74, 6) is 2.18. The van der Waals surface area contributed by atoms with Crippen molar-refractivity contribution >= 4 is 29.9 Å². The topological polar surface area (TPSA) is 58.1 Å². The van der Waals surface area contributed by atoms with E-state index in [1.54, 1.807) is 0 Å². The molecule has 0 spiro atoms. The molecule has 7 heteroatoms. The van der Waals surface area contributed by atoms with Crippen molar-refractivity contribution in [3.63, 3.8) is 0 Å². The smallest absolute Gasteiger partial charge is 0.191 e. The van der Waals surface area contributed by atoms with Gasteiger partial charge in [0.1, 0.15) is 0 Å². The van der Waals surface area contributed by atoms with E-state index in [4.69, 9.17) is 9.47 Å². The van der Waals surface area contributed by atoms with Crippen LogP contribution in [-0.4, -0.2) is 75.5 Å². The van der Waals surface area contributed by atoms with Crippen LogP contribution in [0.25, 0.3) is 0 Å². The predicted octanol–water partition coefficient (Wildman–Crippen LogP) is 2.33. The largest absolute Gasteiger partial charge is 0.377 e. The number of hydrogen-bond donors (Lipinski definition) is 2. The van der Waals surface area contributed by atoms with E-state index in [-0.39, 0.29) is 35.5 Å². The fourth-order valence-corrected chi connectivity index (χ4v) is 4.95. The van der Waals surface area contributed by atoms with Crippen molar-refractivity contribution in [1.82, 2.24) is 15.5 Å². The molecular weight excluding hydrogens is 455 g/mol. The summed E-state index contributed by atoms with van der Waals surface area (Å²) in [6.45, 7) is 14.9. The molecule has 1 aliphatic carbocycles. The van der Waals surface area contributed by atoms with Crippen molar-refractivity contribution in [2.45, 2.75) is 58.8 Å². The van der Waals surface area contributed by atoms with Gasteiger partial charge in [-0.3, -0.25) is 9.89 Å². The van der Waals surface area contributed by atoms with Crippen LogP contribution in [0.15, 0.2) is 4.99 Å². The quantitative estimate of drug-likeness (QED) is 0.349. The molecule has 4 unspecified atom stereocenters. The molecule has 27 heavy (non-hydrogen) atoms. The number of morpholine rings is 1. The average molecular weight is 494 g/mol. The molecule has 0 amide bonds. The first-order chi connectivity index (χ1) is 12.4. The van der Waals surface area contributed by atoms with Crippen molar-refractivity contribution in [3.05, 3.63) is 0 Å². The molecule has 158 valence electrons. The van der Waals surface area contributed by atoms with Crippen molar-refractivity contribution in [2.75, 3.05) is 46.4 Å². The molecule has 2 heterocycles. The van der Waals surface area contributed by atoms with Gasteiger partial charge in [0.05, 0.1) is 18.8 Å². The van der Waals surface area contributed by atoms with E-state index < -0.39 is 0 Å². The zero-order valence-corrected chi connectivity index (χ0v) is 20.0. The van der Waals surface area contributed by atoms with Crippen LogP contribution in [0.2, 0.25) is 0 Å². The van der Waals surface area contributed by atoms with Gasteiger partial charge in [-0.15, -0.1) is 24.0 Å². The first-order valence-corrected chi connectivity index (χ1v) is 10.3. The second-order valence-corrected chi connectivity index (χ2v) is 9.14. The lowest BCUT2D eigenvalue weighted by molar-refractivity contribution is -0.188. The number of rotatable bonds is 5. The van der Waals surface area contributed by atoms with E-state index in [2.05, 4.69) is 48.2 Å². The fourth-order valence-electron chi connectivity index (χ4n) is 4.95. The Bertz CT molecular complexity index is 500. The van der Waals surface area contributed by atoms with Gasteiger partial charge < -0.3 is 20.1 Å². The Morgan fingerprint density at radius 3 is 2.74 bits per heavy atom. The molecule has 2 N–H and O–H groups in total. The number of halogens is 1. The average Bonchev–Trinajstić information content (AvgIpc) is 2.61. The summed E-state index contributed by atoms with van der Waals surface area (Å²) in [5, 5.41) is 7.16. The number of guanidine groups is 1. The Balaban J connectivity index is 0.00000261. The summed E-state index contributed by atoms with van der Waals surface area (Å²) in [7, 11) is 1.85. The Morgan fingerprint density at radius 1 is 1.26 bits per heavy atom. The van der Waals surface area contributed by atoms with E-state index in [0.717, 1.165) is 45.4 Å². The molecule has 2 aliphatic heterocycles. The van der Waals surface area contributed by atoms with Crippen LogP contribution in [0.5, 0.6) is 0 Å². The summed E-state index contributed by atoms with van der Waals surface area (Å²) in [6.07, 6.45) is 3.03. The number of aliphatic imine (C=N–C) groups is 1. The molecule has 3 fully saturated rings. The van der Waals surface area contributed by atoms with Gasteiger partial charge in [-0.1, -0.05) is 27.7 Å². The lowest BCUT2D eigenvalue weighted by Crippen LogP contribution is -2.71. The minimum absolute atomic E-state index is 0. The van der Waals surface area contributed by atoms with Crippen LogP contribution < -0.4 is 10.6 Å². The number of hydrogen-bond acceptors (Lipinski definition) is 4. The van der Waals surface area contributed by atoms with E-state index in [9.17, 15) is 0 Å². The summed E-state index contributed by atoms with van der Waals surface area (Å²) < 4.78 is 12.0. The third kappa shape index (κ3) is 5.48. The van der Waals surface area contributed by atoms with Crippen LogP contribution in [0.4, 0.5) is 0 Å². The molecule has 0 aromatic rings. The summed E-state index contributed by atoms with van der Waals surface area (Å²) in [4.78, 5) is 6.96. The highest BCUT2D eigenvalue weighted by Gasteiger charge is 2.58. The summed E-state index contributed by atoms with van der Waals surface area (Å²) in [6, 6.07) is 0.420. The van der Waals surface area contributed by atoms with E-state index in [1.807, 2.05) is 7.05 Å². The van der Waals surface area contributed by atoms with Crippen LogP contribution >= 0.6 is 24.0 Å². The highest BCUT2D eigenvalue weighted by molar-refractivity contribution is 14.0. The second-order valence-electron chi connectivity index (χ2n) is 9.14. The maximum atomic E-state index is 6.01. The first-order valence-electron chi connectivity index (χ1n) is 10.3. The second kappa shape index (κ2) is 10.1. The van der Waals surface area contributed by atoms with E-state index >= 15 is 0 Å². The van der Waals surface area contributed by atoms with Gasteiger partial charge in [-0.05, 0) is 18.8 Å². The third-order valence-electron chi connectivity index (χ3n) is 6.19.